The Morgan fingerprint density at radius 1 is 1.18 bits per heavy atom. The molecule has 0 amide bonds. The van der Waals surface area contributed by atoms with Gasteiger partial charge in [0.25, 0.3) is 0 Å². The van der Waals surface area contributed by atoms with Gasteiger partial charge in [-0.2, -0.15) is 0 Å². The summed E-state index contributed by atoms with van der Waals surface area (Å²) in [5.41, 5.74) is 0. The summed E-state index contributed by atoms with van der Waals surface area (Å²) in [6.07, 6.45) is 7.06. The fourth-order valence-corrected chi connectivity index (χ4v) is 2.30. The average Bonchev–Trinajstić information content (AvgIpc) is 2.04. The van der Waals surface area contributed by atoms with Crippen molar-refractivity contribution >= 4 is 15.9 Å². The summed E-state index contributed by atoms with van der Waals surface area (Å²) in [6, 6.07) is 0. The molecule has 2 heteroatoms. The Kier molecular flexibility index (Phi) is 4.43. The molecule has 0 saturated heterocycles. The minimum Gasteiger partial charge on any atom is -0.251 e. The lowest BCUT2D eigenvalue weighted by atomic mass is 9.86. The smallest absolute Gasteiger partial charge is 0.0894 e. The van der Waals surface area contributed by atoms with Crippen LogP contribution in [0.1, 0.15) is 38.5 Å². The second-order valence-electron chi connectivity index (χ2n) is 3.45. The first-order chi connectivity index (χ1) is 5.33. The van der Waals surface area contributed by atoms with E-state index in [0.29, 0.717) is 0 Å². The van der Waals surface area contributed by atoms with Gasteiger partial charge in [0.05, 0.1) is 6.67 Å². The molecule has 0 aromatic rings. The molecule has 1 aliphatic carbocycles. The van der Waals surface area contributed by atoms with Crippen LogP contribution >= 0.6 is 15.9 Å². The Balaban J connectivity index is 2.07. The van der Waals surface area contributed by atoms with Crippen LogP contribution in [0.25, 0.3) is 0 Å². The molecule has 0 nitrogen and oxygen atoms in total. The van der Waals surface area contributed by atoms with Crippen molar-refractivity contribution in [3.05, 3.63) is 0 Å². The van der Waals surface area contributed by atoms with Gasteiger partial charge in [-0.1, -0.05) is 15.9 Å². The Morgan fingerprint density at radius 2 is 1.82 bits per heavy atom. The summed E-state index contributed by atoms with van der Waals surface area (Å²) in [7, 11) is 0. The number of rotatable bonds is 3. The van der Waals surface area contributed by atoms with Crippen LogP contribution in [0.4, 0.5) is 4.39 Å². The zero-order valence-corrected chi connectivity index (χ0v) is 8.45. The first-order valence-corrected chi connectivity index (χ1v) is 5.44. The zero-order valence-electron chi connectivity index (χ0n) is 6.86. The van der Waals surface area contributed by atoms with E-state index in [9.17, 15) is 4.39 Å². The lowest BCUT2D eigenvalue weighted by Crippen LogP contribution is -2.13. The number of halogens is 2. The van der Waals surface area contributed by atoms with E-state index in [2.05, 4.69) is 15.9 Å². The third-order valence-corrected chi connectivity index (χ3v) is 3.44. The number of hydrogen-bond donors (Lipinski definition) is 0. The van der Waals surface area contributed by atoms with E-state index in [1.165, 1.54) is 25.7 Å². The van der Waals surface area contributed by atoms with Crippen molar-refractivity contribution in [2.45, 2.75) is 43.4 Å². The van der Waals surface area contributed by atoms with Crippen LogP contribution in [0.5, 0.6) is 0 Å². The molecule has 0 aromatic heterocycles. The first kappa shape index (κ1) is 9.50. The van der Waals surface area contributed by atoms with Gasteiger partial charge in [0.15, 0.2) is 0 Å². The molecular formula is C9H16BrF. The Hall–Kier alpha value is 0.410. The second kappa shape index (κ2) is 5.13. The molecule has 1 rings (SSSR count). The molecule has 0 atom stereocenters. The van der Waals surface area contributed by atoms with Crippen LogP contribution in [0.2, 0.25) is 0 Å². The molecule has 0 spiro atoms. The maximum Gasteiger partial charge on any atom is 0.0894 e. The van der Waals surface area contributed by atoms with Crippen molar-refractivity contribution < 1.29 is 4.39 Å². The van der Waals surface area contributed by atoms with Crippen LogP contribution in [-0.4, -0.2) is 11.5 Å². The predicted molar refractivity (Wildman–Crippen MR) is 49.9 cm³/mol. The summed E-state index contributed by atoms with van der Waals surface area (Å²) in [6.45, 7) is -0.131. The monoisotopic (exact) mass is 222 g/mol. The van der Waals surface area contributed by atoms with Gasteiger partial charge in [0.2, 0.25) is 0 Å². The molecule has 0 bridgehead atoms. The van der Waals surface area contributed by atoms with Crippen molar-refractivity contribution in [1.82, 2.24) is 0 Å². The minimum atomic E-state index is -0.131. The highest BCUT2D eigenvalue weighted by Gasteiger charge is 2.18. The topological polar surface area (TPSA) is 0 Å². The molecule has 0 heterocycles. The Labute approximate surface area is 76.7 Å². The van der Waals surface area contributed by atoms with Crippen molar-refractivity contribution in [3.63, 3.8) is 0 Å². The summed E-state index contributed by atoms with van der Waals surface area (Å²) in [5.74, 6) is 0.819. The van der Waals surface area contributed by atoms with Crippen LogP contribution in [0.3, 0.4) is 0 Å². The highest BCUT2D eigenvalue weighted by Crippen LogP contribution is 2.31. The largest absolute Gasteiger partial charge is 0.251 e. The summed E-state index contributed by atoms with van der Waals surface area (Å²) >= 11 is 3.61. The van der Waals surface area contributed by atoms with Gasteiger partial charge in [-0.05, 0) is 44.4 Å². The highest BCUT2D eigenvalue weighted by molar-refractivity contribution is 9.09. The maximum atomic E-state index is 11.8. The van der Waals surface area contributed by atoms with E-state index in [4.69, 9.17) is 0 Å². The zero-order chi connectivity index (χ0) is 8.10. The molecule has 1 aliphatic rings. The van der Waals surface area contributed by atoms with Gasteiger partial charge in [-0.15, -0.1) is 0 Å². The SMILES string of the molecule is FCCCC1CCC(Br)CC1. The van der Waals surface area contributed by atoms with Crippen molar-refractivity contribution in [2.75, 3.05) is 6.67 Å². The van der Waals surface area contributed by atoms with E-state index in [-0.39, 0.29) is 6.67 Å². The number of hydrogen-bond acceptors (Lipinski definition) is 0. The number of alkyl halides is 2. The molecule has 0 aromatic carbocycles. The molecule has 1 saturated carbocycles. The van der Waals surface area contributed by atoms with Crippen LogP contribution < -0.4 is 0 Å². The first-order valence-electron chi connectivity index (χ1n) is 4.53. The molecular weight excluding hydrogens is 207 g/mol. The molecule has 0 unspecified atom stereocenters. The van der Waals surface area contributed by atoms with E-state index in [0.717, 1.165) is 23.6 Å². The predicted octanol–water partition coefficient (Wildman–Crippen LogP) is 3.69. The molecule has 0 aliphatic heterocycles. The Bertz CT molecular complexity index is 95.0. The summed E-state index contributed by atoms with van der Waals surface area (Å²) in [5, 5.41) is 0. The van der Waals surface area contributed by atoms with Gasteiger partial charge in [0.1, 0.15) is 0 Å². The molecule has 0 radical (unpaired) electrons. The van der Waals surface area contributed by atoms with Gasteiger partial charge in [0, 0.05) is 4.83 Å². The molecule has 11 heavy (non-hydrogen) atoms. The molecule has 1 fully saturated rings. The van der Waals surface area contributed by atoms with Crippen molar-refractivity contribution in [3.8, 4) is 0 Å². The summed E-state index contributed by atoms with van der Waals surface area (Å²) in [4.78, 5) is 0.740. The van der Waals surface area contributed by atoms with E-state index < -0.39 is 0 Å². The van der Waals surface area contributed by atoms with Gasteiger partial charge in [-0.25, -0.2) is 0 Å². The second-order valence-corrected chi connectivity index (χ2v) is 4.74. The normalized spacial score (nSPS) is 32.2. The average molecular weight is 223 g/mol. The minimum absolute atomic E-state index is 0.131. The van der Waals surface area contributed by atoms with E-state index in [1.54, 1.807) is 0 Å². The molecule has 0 N–H and O–H groups in total. The third-order valence-electron chi connectivity index (χ3n) is 2.52. The quantitative estimate of drug-likeness (QED) is 0.640. The third kappa shape index (κ3) is 3.55. The van der Waals surface area contributed by atoms with Gasteiger partial charge >= 0.3 is 0 Å². The fraction of sp³-hybridized carbons (Fsp3) is 1.00. The van der Waals surface area contributed by atoms with Crippen LogP contribution in [0.15, 0.2) is 0 Å². The van der Waals surface area contributed by atoms with E-state index in [1.807, 2.05) is 0 Å². The summed E-state index contributed by atoms with van der Waals surface area (Å²) < 4.78 is 11.8. The van der Waals surface area contributed by atoms with Crippen LogP contribution in [-0.2, 0) is 0 Å². The maximum absolute atomic E-state index is 11.8. The fourth-order valence-electron chi connectivity index (χ4n) is 1.78. The standard InChI is InChI=1S/C9H16BrF/c10-9-5-3-8(4-6-9)2-1-7-11/h8-9H,1-7H2. The van der Waals surface area contributed by atoms with E-state index >= 15 is 0 Å². The van der Waals surface area contributed by atoms with Crippen LogP contribution in [0, 0.1) is 5.92 Å². The lowest BCUT2D eigenvalue weighted by molar-refractivity contribution is 0.322. The highest BCUT2D eigenvalue weighted by atomic mass is 79.9. The Morgan fingerprint density at radius 3 is 2.36 bits per heavy atom. The lowest BCUT2D eigenvalue weighted by Gasteiger charge is -2.24. The van der Waals surface area contributed by atoms with Crippen molar-refractivity contribution in [1.29, 1.82) is 0 Å². The molecule has 66 valence electrons. The van der Waals surface area contributed by atoms with Crippen molar-refractivity contribution in [2.24, 2.45) is 5.92 Å². The van der Waals surface area contributed by atoms with Gasteiger partial charge < -0.3 is 0 Å². The van der Waals surface area contributed by atoms with Gasteiger partial charge in [-0.3, -0.25) is 4.39 Å².